The van der Waals surface area contributed by atoms with E-state index < -0.39 is 22.8 Å². The Kier molecular flexibility index (Phi) is 6.15. The lowest BCUT2D eigenvalue weighted by Gasteiger charge is -2.44. The summed E-state index contributed by atoms with van der Waals surface area (Å²) in [5.74, 6) is -1.24. The molecule has 0 bridgehead atoms. The van der Waals surface area contributed by atoms with Gasteiger partial charge < -0.3 is 15.0 Å². The number of nitriles is 1. The average Bonchev–Trinajstić information content (AvgIpc) is 3.06. The van der Waals surface area contributed by atoms with Gasteiger partial charge in [0, 0.05) is 24.9 Å². The van der Waals surface area contributed by atoms with Crippen LogP contribution in [0.4, 0.5) is 15.8 Å². The van der Waals surface area contributed by atoms with Crippen molar-refractivity contribution in [1.29, 1.82) is 5.26 Å². The third kappa shape index (κ3) is 3.93. The fraction of sp³-hybridized carbons (Fsp3) is 0.440. The van der Waals surface area contributed by atoms with Crippen molar-refractivity contribution in [2.75, 3.05) is 23.0 Å². The van der Waals surface area contributed by atoms with Gasteiger partial charge in [0.25, 0.3) is 11.8 Å². The molecule has 1 unspecified atom stereocenters. The SMILES string of the molecule is Cc1cc(N2C(=O)C3(CCC3)N(c3ccc(C(=O)NC4CCOCC4)c(F)c3)C2S)cnc1C#N. The van der Waals surface area contributed by atoms with Gasteiger partial charge in [-0.25, -0.2) is 9.37 Å². The molecule has 2 saturated heterocycles. The fourth-order valence-corrected chi connectivity index (χ4v) is 5.71. The van der Waals surface area contributed by atoms with Crippen molar-refractivity contribution in [2.24, 2.45) is 0 Å². The van der Waals surface area contributed by atoms with Crippen LogP contribution in [-0.4, -0.2) is 47.1 Å². The van der Waals surface area contributed by atoms with E-state index in [1.165, 1.54) is 18.3 Å². The minimum atomic E-state index is -0.827. The number of nitrogens with zero attached hydrogens (tertiary/aromatic N) is 4. The minimum absolute atomic E-state index is 0.0343. The first-order valence-corrected chi connectivity index (χ1v) is 12.2. The lowest BCUT2D eigenvalue weighted by atomic mass is 9.75. The maximum atomic E-state index is 15.2. The number of nitrogens with one attached hydrogen (secondary N) is 1. The zero-order chi connectivity index (χ0) is 24.7. The molecule has 2 aliphatic heterocycles. The second kappa shape index (κ2) is 9.13. The molecule has 1 saturated carbocycles. The highest BCUT2D eigenvalue weighted by Crippen LogP contribution is 2.50. The highest BCUT2D eigenvalue weighted by molar-refractivity contribution is 7.81. The number of benzene rings is 1. The van der Waals surface area contributed by atoms with Crippen molar-refractivity contribution in [3.8, 4) is 6.07 Å². The van der Waals surface area contributed by atoms with Crippen molar-refractivity contribution in [3.63, 3.8) is 0 Å². The highest BCUT2D eigenvalue weighted by Gasteiger charge is 2.60. The number of aromatic nitrogens is 1. The molecule has 1 aromatic carbocycles. The number of aryl methyl sites for hydroxylation is 1. The highest BCUT2D eigenvalue weighted by atomic mass is 32.1. The third-order valence-electron chi connectivity index (χ3n) is 7.20. The van der Waals surface area contributed by atoms with Gasteiger partial charge in [-0.05, 0) is 68.9 Å². The van der Waals surface area contributed by atoms with Crippen LogP contribution in [0.15, 0.2) is 30.5 Å². The number of thiol groups is 1. The first-order chi connectivity index (χ1) is 16.9. The van der Waals surface area contributed by atoms with Gasteiger partial charge in [0.2, 0.25) is 0 Å². The Morgan fingerprint density at radius 2 is 2.03 bits per heavy atom. The average molecular weight is 496 g/mol. The number of hydrogen-bond donors (Lipinski definition) is 2. The van der Waals surface area contributed by atoms with Crippen molar-refractivity contribution in [3.05, 3.63) is 53.1 Å². The van der Waals surface area contributed by atoms with Gasteiger partial charge >= 0.3 is 0 Å². The predicted molar refractivity (Wildman–Crippen MR) is 131 cm³/mol. The summed E-state index contributed by atoms with van der Waals surface area (Å²) in [4.78, 5) is 33.9. The summed E-state index contributed by atoms with van der Waals surface area (Å²) in [6.07, 6.45) is 5.00. The van der Waals surface area contributed by atoms with Gasteiger partial charge in [0.15, 0.2) is 5.50 Å². The number of ether oxygens (including phenoxy) is 1. The number of halogens is 1. The van der Waals surface area contributed by atoms with Gasteiger partial charge in [-0.15, -0.1) is 12.6 Å². The number of hydrogen-bond acceptors (Lipinski definition) is 7. The summed E-state index contributed by atoms with van der Waals surface area (Å²) in [5.41, 5.74) is 0.416. The Morgan fingerprint density at radius 3 is 2.63 bits per heavy atom. The van der Waals surface area contributed by atoms with E-state index in [1.54, 1.807) is 24.0 Å². The molecule has 1 N–H and O–H groups in total. The van der Waals surface area contributed by atoms with Crippen molar-refractivity contribution >= 4 is 35.8 Å². The third-order valence-corrected chi connectivity index (χ3v) is 7.66. The first-order valence-electron chi connectivity index (χ1n) is 11.7. The van der Waals surface area contributed by atoms with Gasteiger partial charge in [0.1, 0.15) is 23.1 Å². The molecular weight excluding hydrogens is 469 g/mol. The van der Waals surface area contributed by atoms with Crippen LogP contribution in [-0.2, 0) is 9.53 Å². The zero-order valence-corrected chi connectivity index (χ0v) is 20.2. The summed E-state index contributed by atoms with van der Waals surface area (Å²) >= 11 is 4.76. The van der Waals surface area contributed by atoms with Crippen LogP contribution in [0.2, 0.25) is 0 Å². The van der Waals surface area contributed by atoms with Crippen LogP contribution < -0.4 is 15.1 Å². The molecule has 5 rings (SSSR count). The van der Waals surface area contributed by atoms with Crippen LogP contribution in [0.3, 0.4) is 0 Å². The predicted octanol–water partition coefficient (Wildman–Crippen LogP) is 3.30. The number of carbonyl (C=O) groups is 2. The van der Waals surface area contributed by atoms with Crippen LogP contribution in [0.1, 0.15) is 53.7 Å². The minimum Gasteiger partial charge on any atom is -0.381 e. The molecule has 2 amide bonds. The molecule has 3 aliphatic rings. The van der Waals surface area contributed by atoms with E-state index >= 15 is 4.39 Å². The summed E-state index contributed by atoms with van der Waals surface area (Å²) < 4.78 is 20.5. The molecule has 1 aromatic heterocycles. The van der Waals surface area contributed by atoms with Crippen LogP contribution in [0, 0.1) is 24.1 Å². The van der Waals surface area contributed by atoms with Gasteiger partial charge in [-0.2, -0.15) is 5.26 Å². The molecule has 1 atom stereocenters. The summed E-state index contributed by atoms with van der Waals surface area (Å²) in [7, 11) is 0. The van der Waals surface area contributed by atoms with E-state index in [-0.39, 0.29) is 17.5 Å². The van der Waals surface area contributed by atoms with Crippen molar-refractivity contribution < 1.29 is 18.7 Å². The summed E-state index contributed by atoms with van der Waals surface area (Å²) in [6, 6.07) is 8.18. The molecule has 1 spiro atoms. The molecule has 35 heavy (non-hydrogen) atoms. The normalized spacial score (nSPS) is 21.7. The standard InChI is InChI=1S/C25H26FN5O3S/c1-15-11-18(14-28-21(15)13-27)30-23(33)25(7-2-8-25)31(24(30)35)17-3-4-19(20(26)12-17)22(32)29-16-5-9-34-10-6-16/h3-4,11-12,14,16,24,35H,2,5-10H2,1H3,(H,29,32). The summed E-state index contributed by atoms with van der Waals surface area (Å²) in [6.45, 7) is 2.91. The Labute approximate surface area is 208 Å². The van der Waals surface area contributed by atoms with Crippen molar-refractivity contribution in [2.45, 2.75) is 56.1 Å². The number of carbonyl (C=O) groups excluding carboxylic acids is 2. The number of amides is 2. The van der Waals surface area contributed by atoms with Gasteiger partial charge in [-0.3, -0.25) is 14.5 Å². The smallest absolute Gasteiger partial charge is 0.255 e. The van der Waals surface area contributed by atoms with Crippen LogP contribution >= 0.6 is 12.6 Å². The monoisotopic (exact) mass is 495 g/mol. The molecule has 1 aliphatic carbocycles. The van der Waals surface area contributed by atoms with Gasteiger partial charge in [0.05, 0.1) is 17.4 Å². The molecule has 3 fully saturated rings. The maximum absolute atomic E-state index is 15.2. The molecule has 8 nitrogen and oxygen atoms in total. The quantitative estimate of drug-likeness (QED) is 0.632. The second-order valence-electron chi connectivity index (χ2n) is 9.27. The van der Waals surface area contributed by atoms with Crippen molar-refractivity contribution in [1.82, 2.24) is 10.3 Å². The first kappa shape index (κ1) is 23.6. The lowest BCUT2D eigenvalue weighted by molar-refractivity contribution is -0.124. The fourth-order valence-electron chi connectivity index (χ4n) is 5.12. The molecule has 2 aromatic rings. The lowest BCUT2D eigenvalue weighted by Crippen LogP contribution is -2.55. The van der Waals surface area contributed by atoms with Crippen LogP contribution in [0.5, 0.6) is 0 Å². The second-order valence-corrected chi connectivity index (χ2v) is 9.73. The van der Waals surface area contributed by atoms with E-state index in [9.17, 15) is 14.9 Å². The van der Waals surface area contributed by atoms with E-state index in [2.05, 4.69) is 10.3 Å². The molecule has 182 valence electrons. The largest absolute Gasteiger partial charge is 0.381 e. The van der Waals surface area contributed by atoms with E-state index in [4.69, 9.17) is 17.4 Å². The Hall–Kier alpha value is -3.16. The molecule has 10 heteroatoms. The Balaban J connectivity index is 1.44. The number of rotatable bonds is 4. The molecule has 0 radical (unpaired) electrons. The number of anilines is 2. The maximum Gasteiger partial charge on any atom is 0.255 e. The zero-order valence-electron chi connectivity index (χ0n) is 19.3. The Bertz CT molecular complexity index is 1220. The summed E-state index contributed by atoms with van der Waals surface area (Å²) in [5, 5.41) is 12.1. The molecular formula is C25H26FN5O3S. The van der Waals surface area contributed by atoms with Gasteiger partial charge in [-0.1, -0.05) is 0 Å². The van der Waals surface area contributed by atoms with Crippen LogP contribution in [0.25, 0.3) is 0 Å². The van der Waals surface area contributed by atoms with E-state index in [0.29, 0.717) is 61.5 Å². The number of pyridine rings is 1. The van der Waals surface area contributed by atoms with E-state index in [0.717, 1.165) is 6.42 Å². The topological polar surface area (TPSA) is 98.6 Å². The molecule has 3 heterocycles. The van der Waals surface area contributed by atoms with E-state index in [1.807, 2.05) is 11.0 Å². The Morgan fingerprint density at radius 1 is 1.29 bits per heavy atom.